The van der Waals surface area contributed by atoms with Gasteiger partial charge in [0.1, 0.15) is 0 Å². The molecule has 0 atom stereocenters. The number of nitrogens with zero attached hydrogens (tertiary/aromatic N) is 2. The van der Waals surface area contributed by atoms with Crippen molar-refractivity contribution in [2.45, 2.75) is 71.1 Å². The number of nitrogens with one attached hydrogen (secondary N) is 1. The van der Waals surface area contributed by atoms with Crippen molar-refractivity contribution in [2.75, 3.05) is 11.9 Å². The predicted octanol–water partition coefficient (Wildman–Crippen LogP) is 8.31. The summed E-state index contributed by atoms with van der Waals surface area (Å²) in [6.45, 7) is 2.74. The van der Waals surface area contributed by atoms with Gasteiger partial charge in [-0.05, 0) is 42.8 Å². The molecule has 0 heterocycles. The maximum atomic E-state index is 11.9. The molecule has 32 heavy (non-hydrogen) atoms. The van der Waals surface area contributed by atoms with E-state index in [1.54, 1.807) is 0 Å². The maximum Gasteiger partial charge on any atom is 0.306 e. The van der Waals surface area contributed by atoms with E-state index in [4.69, 9.17) is 17.0 Å². The molecule has 0 aliphatic rings. The number of ether oxygens (including phenoxy) is 1. The van der Waals surface area contributed by atoms with Crippen molar-refractivity contribution in [1.82, 2.24) is 0 Å². The summed E-state index contributed by atoms with van der Waals surface area (Å²) in [5, 5.41) is 11.6. The number of benzene rings is 2. The highest BCUT2D eigenvalue weighted by Gasteiger charge is 2.06. The van der Waals surface area contributed by atoms with Gasteiger partial charge in [-0.1, -0.05) is 82.3 Å². The van der Waals surface area contributed by atoms with Crippen LogP contribution >= 0.6 is 12.2 Å². The Morgan fingerprint density at radius 1 is 0.812 bits per heavy atom. The average Bonchev–Trinajstić information content (AvgIpc) is 2.82. The van der Waals surface area contributed by atoms with Crippen LogP contribution in [0.1, 0.15) is 71.1 Å². The van der Waals surface area contributed by atoms with Crippen molar-refractivity contribution in [3.05, 3.63) is 54.6 Å². The molecule has 0 spiro atoms. The monoisotopic (exact) mass is 453 g/mol. The number of thiocarbonyl (C=S) groups is 1. The Bertz CT molecular complexity index is 823. The molecule has 0 aliphatic carbocycles. The first-order valence-electron chi connectivity index (χ1n) is 11.7. The van der Waals surface area contributed by atoms with Crippen molar-refractivity contribution in [3.8, 4) is 0 Å². The number of azo groups is 1. The largest absolute Gasteiger partial charge is 0.466 e. The Morgan fingerprint density at radius 3 is 2.06 bits per heavy atom. The van der Waals surface area contributed by atoms with E-state index in [9.17, 15) is 4.79 Å². The minimum Gasteiger partial charge on any atom is -0.466 e. The molecule has 0 amide bonds. The molecule has 0 aromatic heterocycles. The summed E-state index contributed by atoms with van der Waals surface area (Å²) in [6.07, 6.45) is 10.6. The number of unbranched alkanes of at least 4 members (excludes halogenated alkanes) is 7. The molecule has 0 fully saturated rings. The Labute approximate surface area is 197 Å². The third kappa shape index (κ3) is 11.7. The number of hydrogen-bond donors (Lipinski definition) is 1. The first-order chi connectivity index (χ1) is 15.7. The summed E-state index contributed by atoms with van der Waals surface area (Å²) in [4.78, 5) is 12.5. The highest BCUT2D eigenvalue weighted by Crippen LogP contribution is 2.20. The molecule has 0 saturated carbocycles. The summed E-state index contributed by atoms with van der Waals surface area (Å²) < 4.78 is 5.32. The Hall–Kier alpha value is -2.60. The summed E-state index contributed by atoms with van der Waals surface area (Å²) in [5.74, 6) is -0.186. The van der Waals surface area contributed by atoms with Crippen molar-refractivity contribution in [1.29, 1.82) is 0 Å². The Kier molecular flexibility index (Phi) is 12.9. The van der Waals surface area contributed by atoms with Gasteiger partial charge in [0.25, 0.3) is 0 Å². The fourth-order valence-electron chi connectivity index (χ4n) is 3.15. The molecule has 0 saturated heterocycles. The topological polar surface area (TPSA) is 63.0 Å². The first kappa shape index (κ1) is 25.7. The molecule has 1 N–H and O–H groups in total. The van der Waals surface area contributed by atoms with Crippen molar-refractivity contribution < 1.29 is 9.53 Å². The summed E-state index contributed by atoms with van der Waals surface area (Å²) in [7, 11) is 0. The van der Waals surface area contributed by atoms with Gasteiger partial charge in [-0.15, -0.1) is 0 Å². The molecule has 0 unspecified atom stereocenters. The minimum absolute atomic E-state index is 0.186. The SMILES string of the molecule is CCCCCCCCCCOC(=O)CCC(=S)Nc1ccc(N=Nc2ccccc2)cc1. The lowest BCUT2D eigenvalue weighted by atomic mass is 10.1. The van der Waals surface area contributed by atoms with Gasteiger partial charge in [0.15, 0.2) is 0 Å². The smallest absolute Gasteiger partial charge is 0.306 e. The van der Waals surface area contributed by atoms with Crippen LogP contribution in [0.5, 0.6) is 0 Å². The maximum absolute atomic E-state index is 11.9. The van der Waals surface area contributed by atoms with Gasteiger partial charge in [-0.2, -0.15) is 10.2 Å². The average molecular weight is 454 g/mol. The standard InChI is InChI=1S/C26H35N3O2S/c1-2-3-4-5-6-7-8-12-21-31-26(30)20-19-25(32)27-22-15-17-24(18-16-22)29-28-23-13-10-9-11-14-23/h9-11,13-18H,2-8,12,19-21H2,1H3,(H,27,32). The third-order valence-electron chi connectivity index (χ3n) is 5.01. The van der Waals surface area contributed by atoms with Crippen LogP contribution in [0.25, 0.3) is 0 Å². The number of hydrogen-bond acceptors (Lipinski definition) is 5. The lowest BCUT2D eigenvalue weighted by Crippen LogP contribution is -2.13. The summed E-state index contributed by atoms with van der Waals surface area (Å²) in [6, 6.07) is 17.1. The van der Waals surface area contributed by atoms with Crippen LogP contribution in [0.2, 0.25) is 0 Å². The van der Waals surface area contributed by atoms with Crippen molar-refractivity contribution in [3.63, 3.8) is 0 Å². The van der Waals surface area contributed by atoms with E-state index in [-0.39, 0.29) is 5.97 Å². The number of esters is 1. The zero-order valence-electron chi connectivity index (χ0n) is 19.1. The summed E-state index contributed by atoms with van der Waals surface area (Å²) >= 11 is 5.35. The zero-order chi connectivity index (χ0) is 22.9. The molecule has 172 valence electrons. The van der Waals surface area contributed by atoms with E-state index in [0.717, 1.165) is 29.9 Å². The van der Waals surface area contributed by atoms with Crippen LogP contribution in [0, 0.1) is 0 Å². The fraction of sp³-hybridized carbons (Fsp3) is 0.462. The molecule has 2 aromatic rings. The van der Waals surface area contributed by atoms with Gasteiger partial charge < -0.3 is 10.1 Å². The van der Waals surface area contributed by atoms with Gasteiger partial charge in [-0.3, -0.25) is 4.79 Å². The highest BCUT2D eigenvalue weighted by molar-refractivity contribution is 7.80. The molecular weight excluding hydrogens is 418 g/mol. The Balaban J connectivity index is 1.56. The van der Waals surface area contributed by atoms with E-state index in [0.29, 0.717) is 24.4 Å². The van der Waals surface area contributed by atoms with Crippen LogP contribution in [0.4, 0.5) is 17.1 Å². The molecule has 2 aromatic carbocycles. The van der Waals surface area contributed by atoms with E-state index < -0.39 is 0 Å². The molecule has 2 rings (SSSR count). The van der Waals surface area contributed by atoms with E-state index in [2.05, 4.69) is 22.5 Å². The van der Waals surface area contributed by atoms with Crippen molar-refractivity contribution in [2.24, 2.45) is 10.2 Å². The normalized spacial score (nSPS) is 10.9. The van der Waals surface area contributed by atoms with Crippen LogP contribution in [0.15, 0.2) is 64.8 Å². The highest BCUT2D eigenvalue weighted by atomic mass is 32.1. The second kappa shape index (κ2) is 16.1. The minimum atomic E-state index is -0.186. The van der Waals surface area contributed by atoms with Crippen LogP contribution in [-0.4, -0.2) is 17.6 Å². The van der Waals surface area contributed by atoms with Crippen LogP contribution in [0.3, 0.4) is 0 Å². The second-order valence-corrected chi connectivity index (χ2v) is 8.32. The lowest BCUT2D eigenvalue weighted by molar-refractivity contribution is -0.143. The van der Waals surface area contributed by atoms with E-state index in [1.807, 2.05) is 54.6 Å². The first-order valence-corrected chi connectivity index (χ1v) is 12.1. The number of carbonyl (C=O) groups excluding carboxylic acids is 1. The van der Waals surface area contributed by atoms with Gasteiger partial charge in [0, 0.05) is 12.1 Å². The quantitative estimate of drug-likeness (QED) is 0.127. The molecule has 0 radical (unpaired) electrons. The molecular formula is C26H35N3O2S. The van der Waals surface area contributed by atoms with Gasteiger partial charge >= 0.3 is 5.97 Å². The number of rotatable bonds is 15. The lowest BCUT2D eigenvalue weighted by Gasteiger charge is -2.08. The summed E-state index contributed by atoms with van der Waals surface area (Å²) in [5.41, 5.74) is 2.43. The van der Waals surface area contributed by atoms with Crippen molar-refractivity contribution >= 4 is 40.2 Å². The van der Waals surface area contributed by atoms with Gasteiger partial charge in [0.05, 0.1) is 29.4 Å². The van der Waals surface area contributed by atoms with Gasteiger partial charge in [0.2, 0.25) is 0 Å². The second-order valence-electron chi connectivity index (χ2n) is 7.83. The molecule has 0 aliphatic heterocycles. The zero-order valence-corrected chi connectivity index (χ0v) is 19.9. The molecule has 5 nitrogen and oxygen atoms in total. The number of carbonyl (C=O) groups is 1. The van der Waals surface area contributed by atoms with Gasteiger partial charge in [-0.25, -0.2) is 0 Å². The fourth-order valence-corrected chi connectivity index (χ4v) is 3.37. The Morgan fingerprint density at radius 2 is 1.41 bits per heavy atom. The predicted molar refractivity (Wildman–Crippen MR) is 136 cm³/mol. The van der Waals surface area contributed by atoms with E-state index >= 15 is 0 Å². The third-order valence-corrected chi connectivity index (χ3v) is 5.31. The molecule has 0 bridgehead atoms. The van der Waals surface area contributed by atoms with E-state index in [1.165, 1.54) is 38.5 Å². The number of anilines is 1. The molecule has 6 heteroatoms. The van der Waals surface area contributed by atoms with Crippen LogP contribution < -0.4 is 5.32 Å². The van der Waals surface area contributed by atoms with Crippen LogP contribution in [-0.2, 0) is 9.53 Å².